The van der Waals surface area contributed by atoms with Crippen LogP contribution in [0.1, 0.15) is 44.3 Å². The first-order chi connectivity index (χ1) is 13.2. The number of methoxy groups -OCH3 is 1. The number of carbonyl (C=O) groups is 3. The van der Waals surface area contributed by atoms with E-state index in [0.717, 1.165) is 16.7 Å². The van der Waals surface area contributed by atoms with Gasteiger partial charge in [-0.3, -0.25) is 14.4 Å². The average molecular weight is 383 g/mol. The van der Waals surface area contributed by atoms with Gasteiger partial charge in [0.15, 0.2) is 6.10 Å². The summed E-state index contributed by atoms with van der Waals surface area (Å²) in [5.74, 6) is -1.02. The fourth-order valence-electron chi connectivity index (χ4n) is 2.82. The molecular weight excluding hydrogens is 358 g/mol. The topological polar surface area (TPSA) is 81.7 Å². The molecule has 28 heavy (non-hydrogen) atoms. The maximum atomic E-state index is 12.6. The molecule has 0 radical (unpaired) electrons. The molecule has 0 spiro atoms. The Morgan fingerprint density at radius 3 is 2.29 bits per heavy atom. The summed E-state index contributed by atoms with van der Waals surface area (Å²) in [7, 11) is 1.46. The standard InChI is InChI=1S/C22H25NO5/c1-13-10-15(3)18(11-14(13)2)21(25)16(4)28-20(24)12-23-22(26)17-8-6-7-9-19(17)27-5/h6-11,16H,12H2,1-5H3,(H,23,26). The van der Waals surface area contributed by atoms with Crippen molar-refractivity contribution in [1.82, 2.24) is 5.32 Å². The average Bonchev–Trinajstić information content (AvgIpc) is 2.68. The second kappa shape index (κ2) is 9.17. The van der Waals surface area contributed by atoms with Crippen LogP contribution in [0.5, 0.6) is 5.75 Å². The van der Waals surface area contributed by atoms with Crippen LogP contribution < -0.4 is 10.1 Å². The zero-order chi connectivity index (χ0) is 20.8. The highest BCUT2D eigenvalue weighted by molar-refractivity contribution is 6.02. The van der Waals surface area contributed by atoms with Crippen molar-refractivity contribution < 1.29 is 23.9 Å². The number of esters is 1. The van der Waals surface area contributed by atoms with Gasteiger partial charge in [0.05, 0.1) is 12.7 Å². The van der Waals surface area contributed by atoms with Crippen LogP contribution >= 0.6 is 0 Å². The number of ether oxygens (including phenoxy) is 2. The summed E-state index contributed by atoms with van der Waals surface area (Å²) in [6, 6.07) is 10.4. The Labute approximate surface area is 164 Å². The van der Waals surface area contributed by atoms with Crippen molar-refractivity contribution in [3.05, 3.63) is 64.2 Å². The van der Waals surface area contributed by atoms with Gasteiger partial charge in [0.1, 0.15) is 12.3 Å². The summed E-state index contributed by atoms with van der Waals surface area (Å²) in [4.78, 5) is 36.9. The number of Topliss-reactive ketones (excluding diaryl/α,β-unsaturated/α-hetero) is 1. The zero-order valence-corrected chi connectivity index (χ0v) is 16.8. The van der Waals surface area contributed by atoms with Gasteiger partial charge < -0.3 is 14.8 Å². The summed E-state index contributed by atoms with van der Waals surface area (Å²) in [6.07, 6.45) is -0.948. The number of nitrogens with one attached hydrogen (secondary N) is 1. The van der Waals surface area contributed by atoms with Gasteiger partial charge in [-0.25, -0.2) is 0 Å². The Morgan fingerprint density at radius 2 is 1.61 bits per heavy atom. The molecule has 6 nitrogen and oxygen atoms in total. The van der Waals surface area contributed by atoms with Crippen LogP contribution in [-0.4, -0.2) is 37.4 Å². The van der Waals surface area contributed by atoms with Crippen LogP contribution in [-0.2, 0) is 9.53 Å². The molecule has 1 N–H and O–H groups in total. The maximum absolute atomic E-state index is 12.6. The predicted molar refractivity (Wildman–Crippen MR) is 106 cm³/mol. The Balaban J connectivity index is 1.96. The van der Waals surface area contributed by atoms with Crippen LogP contribution in [0.4, 0.5) is 0 Å². The van der Waals surface area contributed by atoms with E-state index in [9.17, 15) is 14.4 Å². The third kappa shape index (κ3) is 4.97. The minimum Gasteiger partial charge on any atom is -0.496 e. The number of para-hydroxylation sites is 1. The van der Waals surface area contributed by atoms with Gasteiger partial charge in [-0.15, -0.1) is 0 Å². The van der Waals surface area contributed by atoms with Gasteiger partial charge in [0.25, 0.3) is 5.91 Å². The van der Waals surface area contributed by atoms with E-state index in [-0.39, 0.29) is 12.3 Å². The van der Waals surface area contributed by atoms with Gasteiger partial charge in [-0.05, 0) is 62.6 Å². The monoisotopic (exact) mass is 383 g/mol. The smallest absolute Gasteiger partial charge is 0.326 e. The molecule has 0 heterocycles. The molecule has 0 saturated heterocycles. The van der Waals surface area contributed by atoms with Crippen LogP contribution in [0, 0.1) is 20.8 Å². The van der Waals surface area contributed by atoms with E-state index in [2.05, 4.69) is 5.32 Å². The second-order valence-corrected chi connectivity index (χ2v) is 6.63. The molecule has 0 aliphatic heterocycles. The quantitative estimate of drug-likeness (QED) is 0.587. The highest BCUT2D eigenvalue weighted by Crippen LogP contribution is 2.18. The van der Waals surface area contributed by atoms with Crippen molar-refractivity contribution in [1.29, 1.82) is 0 Å². The van der Waals surface area contributed by atoms with E-state index in [1.807, 2.05) is 26.8 Å². The summed E-state index contributed by atoms with van der Waals surface area (Å²) < 4.78 is 10.3. The molecule has 2 aromatic rings. The lowest BCUT2D eigenvalue weighted by molar-refractivity contribution is -0.145. The Hall–Kier alpha value is -3.15. The van der Waals surface area contributed by atoms with Crippen molar-refractivity contribution in [2.24, 2.45) is 0 Å². The summed E-state index contributed by atoms with van der Waals surface area (Å²) in [6.45, 7) is 6.93. The molecule has 0 aliphatic rings. The molecule has 0 aromatic heterocycles. The molecule has 1 atom stereocenters. The highest BCUT2D eigenvalue weighted by atomic mass is 16.5. The number of rotatable bonds is 7. The third-order valence-electron chi connectivity index (χ3n) is 4.53. The largest absolute Gasteiger partial charge is 0.496 e. The lowest BCUT2D eigenvalue weighted by Crippen LogP contribution is -2.34. The minimum absolute atomic E-state index is 0.273. The Morgan fingerprint density at radius 1 is 0.964 bits per heavy atom. The van der Waals surface area contributed by atoms with E-state index in [1.165, 1.54) is 14.0 Å². The molecule has 0 aliphatic carbocycles. The molecule has 0 fully saturated rings. The molecule has 148 valence electrons. The first kappa shape index (κ1) is 21.2. The highest BCUT2D eigenvalue weighted by Gasteiger charge is 2.22. The van der Waals surface area contributed by atoms with Gasteiger partial charge in [-0.2, -0.15) is 0 Å². The van der Waals surface area contributed by atoms with Crippen LogP contribution in [0.15, 0.2) is 36.4 Å². The fourth-order valence-corrected chi connectivity index (χ4v) is 2.82. The number of aryl methyl sites for hydroxylation is 3. The van der Waals surface area contributed by atoms with E-state index in [4.69, 9.17) is 9.47 Å². The lowest BCUT2D eigenvalue weighted by Gasteiger charge is -2.15. The van der Waals surface area contributed by atoms with Crippen LogP contribution in [0.25, 0.3) is 0 Å². The molecule has 0 bridgehead atoms. The molecule has 6 heteroatoms. The fraction of sp³-hybridized carbons (Fsp3) is 0.318. The number of hydrogen-bond donors (Lipinski definition) is 1. The summed E-state index contributed by atoms with van der Waals surface area (Å²) >= 11 is 0. The van der Waals surface area contributed by atoms with Gasteiger partial charge in [-0.1, -0.05) is 18.2 Å². The van der Waals surface area contributed by atoms with Crippen LogP contribution in [0.2, 0.25) is 0 Å². The molecular formula is C22H25NO5. The van der Waals surface area contributed by atoms with E-state index in [1.54, 1.807) is 30.3 Å². The van der Waals surface area contributed by atoms with Crippen molar-refractivity contribution in [3.63, 3.8) is 0 Å². The number of benzene rings is 2. The van der Waals surface area contributed by atoms with E-state index >= 15 is 0 Å². The van der Waals surface area contributed by atoms with Gasteiger partial charge >= 0.3 is 5.97 Å². The first-order valence-corrected chi connectivity index (χ1v) is 8.97. The molecule has 2 rings (SSSR count). The molecule has 0 saturated carbocycles. The van der Waals surface area contributed by atoms with Crippen molar-refractivity contribution >= 4 is 17.7 Å². The zero-order valence-electron chi connectivity index (χ0n) is 16.8. The number of ketones is 1. The summed E-state index contributed by atoms with van der Waals surface area (Å²) in [5.41, 5.74) is 3.77. The molecule has 1 amide bonds. The molecule has 2 aromatic carbocycles. The first-order valence-electron chi connectivity index (χ1n) is 8.97. The second-order valence-electron chi connectivity index (χ2n) is 6.63. The van der Waals surface area contributed by atoms with Crippen molar-refractivity contribution in [2.75, 3.05) is 13.7 Å². The van der Waals surface area contributed by atoms with Crippen molar-refractivity contribution in [3.8, 4) is 5.75 Å². The third-order valence-corrected chi connectivity index (χ3v) is 4.53. The normalized spacial score (nSPS) is 11.5. The molecule has 1 unspecified atom stereocenters. The van der Waals surface area contributed by atoms with Crippen LogP contribution in [0.3, 0.4) is 0 Å². The lowest BCUT2D eigenvalue weighted by atomic mass is 9.96. The summed E-state index contributed by atoms with van der Waals surface area (Å²) in [5, 5.41) is 2.48. The maximum Gasteiger partial charge on any atom is 0.326 e. The Bertz CT molecular complexity index is 904. The van der Waals surface area contributed by atoms with Crippen molar-refractivity contribution in [2.45, 2.75) is 33.8 Å². The SMILES string of the molecule is COc1ccccc1C(=O)NCC(=O)OC(C)C(=O)c1cc(C)c(C)cc1C. The van der Waals surface area contributed by atoms with Gasteiger partial charge in [0.2, 0.25) is 5.78 Å². The minimum atomic E-state index is -0.948. The predicted octanol–water partition coefficient (Wildman–Crippen LogP) is 3.16. The number of hydrogen-bond acceptors (Lipinski definition) is 5. The van der Waals surface area contributed by atoms with E-state index < -0.39 is 18.0 Å². The van der Waals surface area contributed by atoms with E-state index in [0.29, 0.717) is 16.9 Å². The Kier molecular flexibility index (Phi) is 6.93. The number of amides is 1. The number of carbonyl (C=O) groups excluding carboxylic acids is 3. The van der Waals surface area contributed by atoms with Gasteiger partial charge in [0, 0.05) is 5.56 Å².